The highest BCUT2D eigenvalue weighted by Crippen LogP contribution is 2.41. The van der Waals surface area contributed by atoms with Gasteiger partial charge in [0.1, 0.15) is 0 Å². The van der Waals surface area contributed by atoms with Crippen LogP contribution in [0.15, 0.2) is 105 Å². The van der Waals surface area contributed by atoms with Crippen LogP contribution in [0, 0.1) is 0 Å². The Labute approximate surface area is 271 Å². The molecule has 0 aromatic heterocycles. The highest BCUT2D eigenvalue weighted by atomic mass is 35.5. The van der Waals surface area contributed by atoms with Crippen LogP contribution in [0.1, 0.15) is 57.1 Å². The Kier molecular flexibility index (Phi) is 10.5. The maximum atomic E-state index is 7.11. The van der Waals surface area contributed by atoms with Gasteiger partial charge in [-0.3, -0.25) is 0 Å². The Morgan fingerprint density at radius 2 is 1.70 bits per heavy atom. The summed E-state index contributed by atoms with van der Waals surface area (Å²) < 4.78 is 2.44. The number of hydrogen-bond acceptors (Lipinski definition) is 5. The van der Waals surface area contributed by atoms with E-state index < -0.39 is 0 Å². The summed E-state index contributed by atoms with van der Waals surface area (Å²) in [5.41, 5.74) is 10.1. The molecule has 5 rings (SSSR count). The molecule has 0 N–H and O–H groups in total. The molecule has 220 valence electrons. The van der Waals surface area contributed by atoms with E-state index in [-0.39, 0.29) is 5.41 Å². The molecule has 43 heavy (non-hydrogen) atoms. The van der Waals surface area contributed by atoms with Crippen LogP contribution in [0.25, 0.3) is 0 Å². The van der Waals surface area contributed by atoms with Crippen LogP contribution in [0.2, 0.25) is 0 Å². The molecule has 0 unspecified atom stereocenters. The number of allylic oxidation sites excluding steroid dienone is 8. The Morgan fingerprint density at radius 3 is 2.51 bits per heavy atom. The largest absolute Gasteiger partial charge is 0.344 e. The van der Waals surface area contributed by atoms with Crippen LogP contribution >= 0.6 is 36.0 Å². The van der Waals surface area contributed by atoms with Crippen molar-refractivity contribution in [2.45, 2.75) is 57.8 Å². The number of nitrogens with zero attached hydrogens (tertiary/aromatic N) is 4. The molecule has 2 aliphatic heterocycles. The van der Waals surface area contributed by atoms with E-state index in [0.29, 0.717) is 13.1 Å². The first-order valence-corrected chi connectivity index (χ1v) is 16.3. The molecule has 0 radical (unpaired) electrons. The Hall–Kier alpha value is -3.24. The summed E-state index contributed by atoms with van der Waals surface area (Å²) in [6.07, 6.45) is 14.9. The lowest BCUT2D eigenvalue weighted by molar-refractivity contribution is -0.437. The second-order valence-corrected chi connectivity index (χ2v) is 12.4. The van der Waals surface area contributed by atoms with E-state index in [4.69, 9.17) is 36.0 Å². The Bertz CT molecular complexity index is 1630. The number of benzene rings is 2. The van der Waals surface area contributed by atoms with Gasteiger partial charge >= 0.3 is 0 Å². The third-order valence-corrected chi connectivity index (χ3v) is 9.35. The first-order chi connectivity index (χ1) is 21.0. The SMILES string of the molecule is CC1(C)C(/C=C/C2=C(Cl)C(=C/C=C3\Cc4ccccc4N3CCCN=C=S)/CCC2)=[N+](CCCN=C=S)c2ccccc21. The van der Waals surface area contributed by atoms with Crippen molar-refractivity contribution in [2.75, 3.05) is 31.1 Å². The van der Waals surface area contributed by atoms with Gasteiger partial charge in [0.2, 0.25) is 5.69 Å². The minimum atomic E-state index is -0.110. The zero-order valence-corrected chi connectivity index (χ0v) is 27.4. The van der Waals surface area contributed by atoms with Crippen molar-refractivity contribution in [2.24, 2.45) is 9.98 Å². The fraction of sp³-hybridized carbons (Fsp3) is 0.361. The molecule has 2 aromatic carbocycles. The highest BCUT2D eigenvalue weighted by Gasteiger charge is 2.43. The second kappa shape index (κ2) is 14.5. The van der Waals surface area contributed by atoms with Crippen LogP contribution in [-0.2, 0) is 11.8 Å². The van der Waals surface area contributed by atoms with Gasteiger partial charge in [-0.05, 0) is 92.8 Å². The molecule has 1 aliphatic carbocycles. The molecule has 0 fully saturated rings. The molecule has 0 bridgehead atoms. The smallest absolute Gasteiger partial charge is 0.209 e. The predicted octanol–water partition coefficient (Wildman–Crippen LogP) is 9.15. The summed E-state index contributed by atoms with van der Waals surface area (Å²) in [6.45, 7) is 7.77. The van der Waals surface area contributed by atoms with Crippen LogP contribution < -0.4 is 4.90 Å². The number of rotatable bonds is 11. The van der Waals surface area contributed by atoms with Crippen LogP contribution in [0.4, 0.5) is 11.4 Å². The van der Waals surface area contributed by atoms with Gasteiger partial charge in [0, 0.05) is 53.5 Å². The predicted molar refractivity (Wildman–Crippen MR) is 188 cm³/mol. The molecular formula is C36H38ClN4S2+. The van der Waals surface area contributed by atoms with Crippen molar-refractivity contribution in [3.05, 3.63) is 106 Å². The number of fused-ring (bicyclic) bond motifs is 2. The van der Waals surface area contributed by atoms with E-state index in [2.05, 4.69) is 116 Å². The van der Waals surface area contributed by atoms with E-state index in [1.54, 1.807) is 0 Å². The highest BCUT2D eigenvalue weighted by molar-refractivity contribution is 7.78. The number of aliphatic imine (C=N–C) groups is 2. The first-order valence-electron chi connectivity index (χ1n) is 15.1. The van der Waals surface area contributed by atoms with Crippen molar-refractivity contribution in [1.82, 2.24) is 0 Å². The van der Waals surface area contributed by atoms with E-state index in [0.717, 1.165) is 56.6 Å². The normalized spacial score (nSPS) is 19.2. The molecule has 2 heterocycles. The molecule has 0 saturated carbocycles. The first kappa shape index (κ1) is 31.2. The van der Waals surface area contributed by atoms with E-state index in [1.165, 1.54) is 45.1 Å². The van der Waals surface area contributed by atoms with Crippen molar-refractivity contribution in [3.63, 3.8) is 0 Å². The molecule has 0 atom stereocenters. The summed E-state index contributed by atoms with van der Waals surface area (Å²) in [5.74, 6) is 0. The van der Waals surface area contributed by atoms with E-state index in [9.17, 15) is 0 Å². The number of hydrogen-bond donors (Lipinski definition) is 0. The van der Waals surface area contributed by atoms with E-state index in [1.807, 2.05) is 0 Å². The molecule has 4 nitrogen and oxygen atoms in total. The third-order valence-electron chi connectivity index (χ3n) is 8.61. The molecular weight excluding hydrogens is 588 g/mol. The summed E-state index contributed by atoms with van der Waals surface area (Å²) in [7, 11) is 0. The maximum absolute atomic E-state index is 7.11. The Morgan fingerprint density at radius 1 is 0.953 bits per heavy atom. The summed E-state index contributed by atoms with van der Waals surface area (Å²) >= 11 is 16.6. The number of para-hydroxylation sites is 2. The molecule has 0 amide bonds. The van der Waals surface area contributed by atoms with Gasteiger partial charge in [-0.25, -0.2) is 9.98 Å². The van der Waals surface area contributed by atoms with Gasteiger partial charge in [-0.2, -0.15) is 4.58 Å². The van der Waals surface area contributed by atoms with Gasteiger partial charge in [0.25, 0.3) is 0 Å². The zero-order chi connectivity index (χ0) is 30.2. The summed E-state index contributed by atoms with van der Waals surface area (Å²) in [5, 5.41) is 5.85. The minimum Gasteiger partial charge on any atom is -0.344 e. The van der Waals surface area contributed by atoms with Crippen molar-refractivity contribution in [1.29, 1.82) is 0 Å². The van der Waals surface area contributed by atoms with Crippen LogP contribution in [-0.4, -0.2) is 46.8 Å². The lowest BCUT2D eigenvalue weighted by Crippen LogP contribution is -2.28. The van der Waals surface area contributed by atoms with Gasteiger partial charge < -0.3 is 4.90 Å². The van der Waals surface area contributed by atoms with E-state index >= 15 is 0 Å². The summed E-state index contributed by atoms with van der Waals surface area (Å²) in [4.78, 5) is 10.7. The zero-order valence-electron chi connectivity index (χ0n) is 25.0. The quantitative estimate of drug-likeness (QED) is 0.108. The molecule has 0 spiro atoms. The van der Waals surface area contributed by atoms with Gasteiger partial charge in [-0.15, -0.1) is 0 Å². The van der Waals surface area contributed by atoms with Crippen molar-refractivity contribution >= 4 is 63.4 Å². The van der Waals surface area contributed by atoms with Crippen molar-refractivity contribution in [3.8, 4) is 0 Å². The fourth-order valence-electron chi connectivity index (χ4n) is 6.46. The number of anilines is 1. The number of thiocarbonyl (C=S) groups is 2. The number of isothiocyanates is 2. The van der Waals surface area contributed by atoms with Crippen molar-refractivity contribution < 1.29 is 4.58 Å². The van der Waals surface area contributed by atoms with Gasteiger partial charge in [-0.1, -0.05) is 60.2 Å². The van der Waals surface area contributed by atoms with Gasteiger partial charge in [0.05, 0.1) is 28.8 Å². The molecule has 2 aromatic rings. The monoisotopic (exact) mass is 625 g/mol. The summed E-state index contributed by atoms with van der Waals surface area (Å²) in [6, 6.07) is 17.4. The fourth-order valence-corrected chi connectivity index (χ4v) is 6.95. The Balaban J connectivity index is 1.42. The third kappa shape index (κ3) is 6.96. The lowest BCUT2D eigenvalue weighted by atomic mass is 9.81. The minimum absolute atomic E-state index is 0.110. The molecule has 3 aliphatic rings. The molecule has 0 saturated heterocycles. The lowest BCUT2D eigenvalue weighted by Gasteiger charge is -2.21. The standard InChI is InChI=1S/C36H38ClN4S2/c1-36(2)31-13-4-6-15-33(31)41(23-9-21-39-26-43)34(36)19-17-28-12-7-11-27(35(28)37)16-18-30-24-29-10-3-5-14-32(29)40(30)22-8-20-38-25-42/h3-6,10,13-19H,7-9,11-12,20-24H2,1-2H3/q+1. The van der Waals surface area contributed by atoms with Gasteiger partial charge in [0.15, 0.2) is 12.3 Å². The van der Waals surface area contributed by atoms with Crippen LogP contribution in [0.3, 0.4) is 0 Å². The second-order valence-electron chi connectivity index (χ2n) is 11.7. The maximum Gasteiger partial charge on any atom is 0.209 e. The molecule has 7 heteroatoms. The number of halogens is 1. The topological polar surface area (TPSA) is 31.0 Å². The van der Waals surface area contributed by atoms with Crippen LogP contribution in [0.5, 0.6) is 0 Å². The average molecular weight is 626 g/mol. The average Bonchev–Trinajstić information content (AvgIpc) is 3.47.